The topological polar surface area (TPSA) is 54.0 Å². The Labute approximate surface area is 134 Å². The van der Waals surface area contributed by atoms with E-state index in [1.807, 2.05) is 18.2 Å². The van der Waals surface area contributed by atoms with Crippen LogP contribution in [0.25, 0.3) is 6.08 Å². The average molecular weight is 312 g/mol. The quantitative estimate of drug-likeness (QED) is 0.626. The molecule has 0 unspecified atom stereocenters. The summed E-state index contributed by atoms with van der Waals surface area (Å²) >= 11 is 0. The van der Waals surface area contributed by atoms with Gasteiger partial charge in [0, 0.05) is 11.6 Å². The minimum absolute atomic E-state index is 0.166. The second-order valence-corrected chi connectivity index (χ2v) is 4.84. The SMILES string of the molecule is COc1ccc(C(=O)C=Cc2cccc3c2OCO3)c(OC)c1. The lowest BCUT2D eigenvalue weighted by Gasteiger charge is -2.08. The van der Waals surface area contributed by atoms with Crippen molar-refractivity contribution in [2.45, 2.75) is 0 Å². The lowest BCUT2D eigenvalue weighted by molar-refractivity contribution is 0.104. The third-order valence-corrected chi connectivity index (χ3v) is 3.52. The Kier molecular flexibility index (Phi) is 4.19. The first kappa shape index (κ1) is 15.0. The van der Waals surface area contributed by atoms with E-state index >= 15 is 0 Å². The number of para-hydroxylation sites is 1. The number of allylic oxidation sites excluding steroid dienone is 1. The van der Waals surface area contributed by atoms with Crippen LogP contribution in [-0.2, 0) is 0 Å². The molecule has 0 saturated carbocycles. The summed E-state index contributed by atoms with van der Waals surface area (Å²) in [5.74, 6) is 2.27. The first-order chi connectivity index (χ1) is 11.2. The summed E-state index contributed by atoms with van der Waals surface area (Å²) in [7, 11) is 3.08. The molecule has 0 spiro atoms. The van der Waals surface area contributed by atoms with Crippen LogP contribution in [0.5, 0.6) is 23.0 Å². The van der Waals surface area contributed by atoms with E-state index < -0.39 is 0 Å². The van der Waals surface area contributed by atoms with Crippen LogP contribution in [0, 0.1) is 0 Å². The first-order valence-electron chi connectivity index (χ1n) is 7.06. The molecule has 5 heteroatoms. The maximum Gasteiger partial charge on any atom is 0.231 e. The lowest BCUT2D eigenvalue weighted by Crippen LogP contribution is -1.99. The molecule has 2 aromatic carbocycles. The van der Waals surface area contributed by atoms with E-state index in [0.29, 0.717) is 28.6 Å². The summed E-state index contributed by atoms with van der Waals surface area (Å²) in [6.45, 7) is 0.195. The highest BCUT2D eigenvalue weighted by atomic mass is 16.7. The minimum Gasteiger partial charge on any atom is -0.497 e. The van der Waals surface area contributed by atoms with Gasteiger partial charge in [-0.15, -0.1) is 0 Å². The Hall–Kier alpha value is -2.95. The molecule has 5 nitrogen and oxygen atoms in total. The zero-order valence-corrected chi connectivity index (χ0v) is 12.9. The molecule has 0 bridgehead atoms. The maximum absolute atomic E-state index is 12.4. The van der Waals surface area contributed by atoms with Crippen molar-refractivity contribution in [3.63, 3.8) is 0 Å². The number of carbonyl (C=O) groups excluding carboxylic acids is 1. The van der Waals surface area contributed by atoms with Crippen LogP contribution in [0.2, 0.25) is 0 Å². The van der Waals surface area contributed by atoms with E-state index in [-0.39, 0.29) is 12.6 Å². The highest BCUT2D eigenvalue weighted by Crippen LogP contribution is 2.36. The smallest absolute Gasteiger partial charge is 0.231 e. The van der Waals surface area contributed by atoms with Crippen molar-refractivity contribution in [1.82, 2.24) is 0 Å². The fourth-order valence-electron chi connectivity index (χ4n) is 2.34. The van der Waals surface area contributed by atoms with E-state index in [0.717, 1.165) is 5.56 Å². The van der Waals surface area contributed by atoms with Crippen molar-refractivity contribution >= 4 is 11.9 Å². The molecule has 0 amide bonds. The Morgan fingerprint density at radius 1 is 1.13 bits per heavy atom. The molecule has 0 aliphatic carbocycles. The van der Waals surface area contributed by atoms with Crippen LogP contribution < -0.4 is 18.9 Å². The fraction of sp³-hybridized carbons (Fsp3) is 0.167. The number of carbonyl (C=O) groups is 1. The molecule has 2 aromatic rings. The number of fused-ring (bicyclic) bond motifs is 1. The largest absolute Gasteiger partial charge is 0.497 e. The van der Waals surface area contributed by atoms with Crippen LogP contribution in [0.3, 0.4) is 0 Å². The summed E-state index contributed by atoms with van der Waals surface area (Å²) in [6, 6.07) is 10.6. The highest BCUT2D eigenvalue weighted by molar-refractivity contribution is 6.08. The highest BCUT2D eigenvalue weighted by Gasteiger charge is 2.16. The summed E-state index contributed by atoms with van der Waals surface area (Å²) in [5, 5.41) is 0. The number of hydrogen-bond acceptors (Lipinski definition) is 5. The molecule has 23 heavy (non-hydrogen) atoms. The number of benzene rings is 2. The molecule has 1 aliphatic rings. The van der Waals surface area contributed by atoms with Gasteiger partial charge in [-0.1, -0.05) is 12.1 Å². The number of rotatable bonds is 5. The second kappa shape index (κ2) is 6.44. The van der Waals surface area contributed by atoms with Gasteiger partial charge in [-0.3, -0.25) is 4.79 Å². The zero-order chi connectivity index (χ0) is 16.2. The molecule has 3 rings (SSSR count). The molecular weight excluding hydrogens is 296 g/mol. The molecular formula is C18H16O5. The van der Waals surface area contributed by atoms with Gasteiger partial charge < -0.3 is 18.9 Å². The Balaban J connectivity index is 1.86. The Bertz CT molecular complexity index is 764. The lowest BCUT2D eigenvalue weighted by atomic mass is 10.1. The van der Waals surface area contributed by atoms with Crippen molar-refractivity contribution in [1.29, 1.82) is 0 Å². The molecule has 118 valence electrons. The standard InChI is InChI=1S/C18H16O5/c1-20-13-7-8-14(17(10-13)21-2)15(19)9-6-12-4-3-5-16-18(12)23-11-22-16/h3-10H,11H2,1-2H3. The number of methoxy groups -OCH3 is 2. The third-order valence-electron chi connectivity index (χ3n) is 3.52. The van der Waals surface area contributed by atoms with Crippen molar-refractivity contribution in [2.75, 3.05) is 21.0 Å². The second-order valence-electron chi connectivity index (χ2n) is 4.84. The molecule has 0 N–H and O–H groups in total. The van der Waals surface area contributed by atoms with Gasteiger partial charge in [-0.25, -0.2) is 0 Å². The van der Waals surface area contributed by atoms with Crippen LogP contribution in [0.1, 0.15) is 15.9 Å². The summed E-state index contributed by atoms with van der Waals surface area (Å²) in [6.07, 6.45) is 3.20. The summed E-state index contributed by atoms with van der Waals surface area (Å²) < 4.78 is 21.1. The van der Waals surface area contributed by atoms with Gasteiger partial charge in [0.25, 0.3) is 0 Å². The summed E-state index contributed by atoms with van der Waals surface area (Å²) in [4.78, 5) is 12.4. The minimum atomic E-state index is -0.166. The molecule has 0 aromatic heterocycles. The van der Waals surface area contributed by atoms with Crippen LogP contribution in [0.15, 0.2) is 42.5 Å². The predicted molar refractivity (Wildman–Crippen MR) is 85.5 cm³/mol. The normalized spacial score (nSPS) is 12.4. The van der Waals surface area contributed by atoms with Crippen molar-refractivity contribution in [3.8, 4) is 23.0 Å². The van der Waals surface area contributed by atoms with Gasteiger partial charge in [-0.05, 0) is 30.4 Å². The van der Waals surface area contributed by atoms with Crippen molar-refractivity contribution < 1.29 is 23.7 Å². The molecule has 1 aliphatic heterocycles. The first-order valence-corrected chi connectivity index (χ1v) is 7.06. The average Bonchev–Trinajstić information content (AvgIpc) is 3.08. The summed E-state index contributed by atoms with van der Waals surface area (Å²) in [5.41, 5.74) is 1.26. The predicted octanol–water partition coefficient (Wildman–Crippen LogP) is 3.33. The van der Waals surface area contributed by atoms with E-state index in [4.69, 9.17) is 18.9 Å². The molecule has 0 saturated heterocycles. The maximum atomic E-state index is 12.4. The number of hydrogen-bond donors (Lipinski definition) is 0. The van der Waals surface area contributed by atoms with Gasteiger partial charge in [-0.2, -0.15) is 0 Å². The Morgan fingerprint density at radius 3 is 2.78 bits per heavy atom. The van der Waals surface area contributed by atoms with E-state index in [9.17, 15) is 4.79 Å². The Morgan fingerprint density at radius 2 is 2.00 bits per heavy atom. The van der Waals surface area contributed by atoms with Crippen LogP contribution in [0.4, 0.5) is 0 Å². The third kappa shape index (κ3) is 2.99. The fourth-order valence-corrected chi connectivity index (χ4v) is 2.34. The van der Waals surface area contributed by atoms with Crippen LogP contribution in [-0.4, -0.2) is 26.8 Å². The number of ketones is 1. The van der Waals surface area contributed by atoms with E-state index in [2.05, 4.69) is 0 Å². The van der Waals surface area contributed by atoms with Gasteiger partial charge in [0.15, 0.2) is 17.3 Å². The molecule has 0 radical (unpaired) electrons. The van der Waals surface area contributed by atoms with Crippen LogP contribution >= 0.6 is 0 Å². The molecule has 1 heterocycles. The van der Waals surface area contributed by atoms with Gasteiger partial charge in [0.1, 0.15) is 11.5 Å². The van der Waals surface area contributed by atoms with Crippen molar-refractivity contribution in [2.24, 2.45) is 0 Å². The van der Waals surface area contributed by atoms with Gasteiger partial charge in [0.05, 0.1) is 19.8 Å². The van der Waals surface area contributed by atoms with E-state index in [1.54, 1.807) is 31.4 Å². The zero-order valence-electron chi connectivity index (χ0n) is 12.9. The molecule has 0 fully saturated rings. The number of ether oxygens (including phenoxy) is 4. The van der Waals surface area contributed by atoms with Crippen molar-refractivity contribution in [3.05, 3.63) is 53.6 Å². The van der Waals surface area contributed by atoms with Gasteiger partial charge >= 0.3 is 0 Å². The van der Waals surface area contributed by atoms with E-state index in [1.165, 1.54) is 13.2 Å². The van der Waals surface area contributed by atoms with Gasteiger partial charge in [0.2, 0.25) is 6.79 Å². The molecule has 0 atom stereocenters. The monoisotopic (exact) mass is 312 g/mol.